The van der Waals surface area contributed by atoms with Crippen LogP contribution < -0.4 is 10.2 Å². The van der Waals surface area contributed by atoms with Crippen LogP contribution in [0.15, 0.2) is 18.2 Å². The first-order valence-corrected chi connectivity index (χ1v) is 6.46. The summed E-state index contributed by atoms with van der Waals surface area (Å²) in [5.41, 5.74) is 1.07. The molecule has 2 aliphatic rings. The fraction of sp³-hybridized carbons (Fsp3) is 0.538. The Kier molecular flexibility index (Phi) is 3.15. The van der Waals surface area contributed by atoms with Gasteiger partial charge in [-0.1, -0.05) is 6.07 Å². The van der Waals surface area contributed by atoms with Crippen molar-refractivity contribution in [2.75, 3.05) is 31.1 Å². The van der Waals surface area contributed by atoms with E-state index in [1.165, 1.54) is 6.42 Å². The molecule has 0 bridgehead atoms. The minimum absolute atomic E-state index is 0.290. The van der Waals surface area contributed by atoms with E-state index in [9.17, 15) is 4.79 Å². The van der Waals surface area contributed by atoms with E-state index < -0.39 is 0 Å². The third kappa shape index (κ3) is 2.18. The average Bonchev–Trinajstić information content (AvgIpc) is 2.86. The molecule has 1 atom stereocenters. The van der Waals surface area contributed by atoms with Gasteiger partial charge in [-0.2, -0.15) is 0 Å². The Labute approximate surface area is 106 Å². The predicted molar refractivity (Wildman–Crippen MR) is 67.8 cm³/mol. The van der Waals surface area contributed by atoms with Crippen molar-refractivity contribution in [3.8, 4) is 0 Å². The van der Waals surface area contributed by atoms with Crippen LogP contribution in [0.2, 0.25) is 0 Å². The van der Waals surface area contributed by atoms with Crippen molar-refractivity contribution >= 4 is 11.9 Å². The van der Waals surface area contributed by atoms with Crippen LogP contribution >= 0.6 is 0 Å². The summed E-state index contributed by atoms with van der Waals surface area (Å²) in [7, 11) is 0. The molecule has 0 radical (unpaired) electrons. The summed E-state index contributed by atoms with van der Waals surface area (Å²) in [5.74, 6) is 1.16. The maximum atomic E-state index is 11.5. The van der Waals surface area contributed by atoms with Crippen LogP contribution in [-0.4, -0.2) is 37.3 Å². The number of nitrogens with one attached hydrogen (secondary N) is 1. The second-order valence-electron chi connectivity index (χ2n) is 4.73. The lowest BCUT2D eigenvalue weighted by Crippen LogP contribution is -2.29. The molecular formula is C13H17N3O2. The molecule has 0 saturated carbocycles. The minimum Gasteiger partial charge on any atom is -0.447 e. The van der Waals surface area contributed by atoms with Crippen molar-refractivity contribution < 1.29 is 9.53 Å². The van der Waals surface area contributed by atoms with Crippen molar-refractivity contribution in [3.63, 3.8) is 0 Å². The van der Waals surface area contributed by atoms with E-state index in [1.54, 1.807) is 4.90 Å². The van der Waals surface area contributed by atoms with Crippen LogP contribution in [0.3, 0.4) is 0 Å². The number of ether oxygens (including phenoxy) is 1. The summed E-state index contributed by atoms with van der Waals surface area (Å²) >= 11 is 0. The topological polar surface area (TPSA) is 54.5 Å². The highest BCUT2D eigenvalue weighted by molar-refractivity contribution is 5.88. The lowest BCUT2D eigenvalue weighted by Gasteiger charge is -2.23. The normalized spacial score (nSPS) is 24.1. The van der Waals surface area contributed by atoms with Gasteiger partial charge in [0.25, 0.3) is 0 Å². The van der Waals surface area contributed by atoms with E-state index in [0.29, 0.717) is 24.9 Å². The van der Waals surface area contributed by atoms with Crippen molar-refractivity contribution in [3.05, 3.63) is 23.9 Å². The molecule has 3 rings (SSSR count). The molecule has 3 heterocycles. The fourth-order valence-corrected chi connectivity index (χ4v) is 2.52. The van der Waals surface area contributed by atoms with Crippen LogP contribution in [0.5, 0.6) is 0 Å². The number of cyclic esters (lactones) is 1. The van der Waals surface area contributed by atoms with Crippen molar-refractivity contribution in [1.82, 2.24) is 10.3 Å². The Bertz CT molecular complexity index is 444. The first-order chi connectivity index (χ1) is 8.84. The van der Waals surface area contributed by atoms with Gasteiger partial charge in [0.15, 0.2) is 0 Å². The maximum absolute atomic E-state index is 11.5. The highest BCUT2D eigenvalue weighted by atomic mass is 16.6. The Morgan fingerprint density at radius 1 is 1.44 bits per heavy atom. The molecule has 96 valence electrons. The lowest BCUT2D eigenvalue weighted by molar-refractivity contribution is 0.181. The summed E-state index contributed by atoms with van der Waals surface area (Å²) < 4.78 is 4.94. The van der Waals surface area contributed by atoms with Crippen LogP contribution in [-0.2, 0) is 4.74 Å². The number of nitrogens with zero attached hydrogens (tertiary/aromatic N) is 2. The van der Waals surface area contributed by atoms with Crippen molar-refractivity contribution in [2.24, 2.45) is 0 Å². The number of rotatable bonds is 2. The largest absolute Gasteiger partial charge is 0.447 e. The van der Waals surface area contributed by atoms with E-state index in [2.05, 4.69) is 10.3 Å². The van der Waals surface area contributed by atoms with Crippen LogP contribution in [0.25, 0.3) is 0 Å². The number of piperidine rings is 1. The van der Waals surface area contributed by atoms with E-state index in [1.807, 2.05) is 18.2 Å². The smallest absolute Gasteiger partial charge is 0.415 e. The summed E-state index contributed by atoms with van der Waals surface area (Å²) in [4.78, 5) is 17.7. The number of hydrogen-bond donors (Lipinski definition) is 1. The van der Waals surface area contributed by atoms with Gasteiger partial charge in [0, 0.05) is 18.2 Å². The zero-order chi connectivity index (χ0) is 12.4. The Hall–Kier alpha value is -1.62. The highest BCUT2D eigenvalue weighted by Gasteiger charge is 2.25. The van der Waals surface area contributed by atoms with Gasteiger partial charge in [0.05, 0.1) is 6.54 Å². The average molecular weight is 247 g/mol. The number of anilines is 1. The molecule has 0 aromatic carbocycles. The van der Waals surface area contributed by atoms with Gasteiger partial charge >= 0.3 is 6.09 Å². The number of amides is 1. The third-order valence-corrected chi connectivity index (χ3v) is 3.51. The minimum atomic E-state index is -0.290. The standard InChI is InChI=1S/C13H17N3O2/c17-13-16(7-8-18-13)12-5-1-4-11(15-12)10-3-2-6-14-9-10/h1,4-5,10,14H,2-3,6-9H2/t10-/m0/s1. The number of hydrogen-bond acceptors (Lipinski definition) is 4. The third-order valence-electron chi connectivity index (χ3n) is 3.51. The zero-order valence-electron chi connectivity index (χ0n) is 10.3. The molecule has 2 saturated heterocycles. The van der Waals surface area contributed by atoms with E-state index in [4.69, 9.17) is 4.74 Å². The van der Waals surface area contributed by atoms with Crippen LogP contribution in [0.1, 0.15) is 24.5 Å². The van der Waals surface area contributed by atoms with Gasteiger partial charge < -0.3 is 10.1 Å². The molecule has 5 heteroatoms. The SMILES string of the molecule is O=C1OCCN1c1cccc([C@H]2CCCNC2)n1. The van der Waals surface area contributed by atoms with Gasteiger partial charge in [-0.3, -0.25) is 4.90 Å². The molecular weight excluding hydrogens is 230 g/mol. The van der Waals surface area contributed by atoms with Crippen LogP contribution in [0, 0.1) is 0 Å². The number of carbonyl (C=O) groups is 1. The second-order valence-corrected chi connectivity index (χ2v) is 4.73. The molecule has 2 fully saturated rings. The van der Waals surface area contributed by atoms with Gasteiger partial charge in [0.2, 0.25) is 0 Å². The Balaban J connectivity index is 1.82. The summed E-state index contributed by atoms with van der Waals surface area (Å²) in [6.07, 6.45) is 2.05. The van der Waals surface area contributed by atoms with Gasteiger partial charge in [0.1, 0.15) is 12.4 Å². The van der Waals surface area contributed by atoms with E-state index >= 15 is 0 Å². The fourth-order valence-electron chi connectivity index (χ4n) is 2.52. The summed E-state index contributed by atoms with van der Waals surface area (Å²) in [6.45, 7) is 3.11. The van der Waals surface area contributed by atoms with Crippen LogP contribution in [0.4, 0.5) is 10.6 Å². The van der Waals surface area contributed by atoms with Gasteiger partial charge in [-0.25, -0.2) is 9.78 Å². The highest BCUT2D eigenvalue weighted by Crippen LogP contribution is 2.24. The number of pyridine rings is 1. The van der Waals surface area contributed by atoms with Gasteiger partial charge in [-0.05, 0) is 31.5 Å². The molecule has 18 heavy (non-hydrogen) atoms. The summed E-state index contributed by atoms with van der Waals surface area (Å²) in [6, 6.07) is 5.88. The van der Waals surface area contributed by atoms with Crippen molar-refractivity contribution in [2.45, 2.75) is 18.8 Å². The molecule has 0 aliphatic carbocycles. The molecule has 1 N–H and O–H groups in total. The quantitative estimate of drug-likeness (QED) is 0.860. The molecule has 2 aliphatic heterocycles. The first kappa shape index (κ1) is 11.5. The number of carbonyl (C=O) groups excluding carboxylic acids is 1. The Morgan fingerprint density at radius 2 is 2.39 bits per heavy atom. The zero-order valence-corrected chi connectivity index (χ0v) is 10.3. The Morgan fingerprint density at radius 3 is 3.11 bits per heavy atom. The molecule has 1 aromatic rings. The predicted octanol–water partition coefficient (Wildman–Crippen LogP) is 1.51. The monoisotopic (exact) mass is 247 g/mol. The molecule has 0 unspecified atom stereocenters. The number of aromatic nitrogens is 1. The van der Waals surface area contributed by atoms with E-state index in [0.717, 1.165) is 25.2 Å². The van der Waals surface area contributed by atoms with E-state index in [-0.39, 0.29) is 6.09 Å². The molecule has 1 aromatic heterocycles. The molecule has 1 amide bonds. The maximum Gasteiger partial charge on any atom is 0.415 e. The molecule has 0 spiro atoms. The first-order valence-electron chi connectivity index (χ1n) is 6.46. The van der Waals surface area contributed by atoms with Crippen molar-refractivity contribution in [1.29, 1.82) is 0 Å². The second kappa shape index (κ2) is 4.94. The molecule has 5 nitrogen and oxygen atoms in total. The van der Waals surface area contributed by atoms with Gasteiger partial charge in [-0.15, -0.1) is 0 Å². The summed E-state index contributed by atoms with van der Waals surface area (Å²) in [5, 5.41) is 3.39. The lowest BCUT2D eigenvalue weighted by atomic mass is 9.96.